The van der Waals surface area contributed by atoms with Crippen LogP contribution in [0.4, 0.5) is 0 Å². The molecule has 0 aliphatic heterocycles. The molecular formula is C10H14N4. The molecule has 0 spiro atoms. The average molecular weight is 190 g/mol. The van der Waals surface area contributed by atoms with Crippen LogP contribution in [0.2, 0.25) is 0 Å². The van der Waals surface area contributed by atoms with Crippen LogP contribution in [0, 0.1) is 13.8 Å². The van der Waals surface area contributed by atoms with E-state index >= 15 is 0 Å². The molecular weight excluding hydrogens is 176 g/mol. The largest absolute Gasteiger partial charge is 0.248 e. The molecule has 14 heavy (non-hydrogen) atoms. The maximum absolute atomic E-state index is 4.35. The first kappa shape index (κ1) is 8.99. The molecule has 0 aliphatic carbocycles. The molecule has 2 aromatic rings. The lowest BCUT2D eigenvalue weighted by atomic mass is 10.5. The minimum atomic E-state index is 0.136. The molecule has 0 amide bonds. The highest BCUT2D eigenvalue weighted by atomic mass is 15.4. The van der Waals surface area contributed by atoms with Gasteiger partial charge in [0.1, 0.15) is 6.17 Å². The summed E-state index contributed by atoms with van der Waals surface area (Å²) in [5, 5.41) is 8.70. The van der Waals surface area contributed by atoms with Crippen molar-refractivity contribution in [3.05, 3.63) is 35.9 Å². The van der Waals surface area contributed by atoms with Gasteiger partial charge in [-0.15, -0.1) is 0 Å². The van der Waals surface area contributed by atoms with Crippen molar-refractivity contribution < 1.29 is 0 Å². The third-order valence-electron chi connectivity index (χ3n) is 2.25. The molecule has 2 aromatic heterocycles. The van der Waals surface area contributed by atoms with E-state index in [2.05, 4.69) is 17.1 Å². The first-order valence-corrected chi connectivity index (χ1v) is 4.70. The highest BCUT2D eigenvalue weighted by Gasteiger charge is 2.07. The SMILES string of the molecule is Cc1ccn(C(C)n2ccc(C)n2)n1. The molecule has 74 valence electrons. The number of aryl methyl sites for hydroxylation is 2. The first-order chi connectivity index (χ1) is 6.66. The fourth-order valence-electron chi connectivity index (χ4n) is 1.40. The molecule has 4 nitrogen and oxygen atoms in total. The van der Waals surface area contributed by atoms with E-state index in [-0.39, 0.29) is 6.17 Å². The average Bonchev–Trinajstić information content (AvgIpc) is 2.73. The van der Waals surface area contributed by atoms with Crippen molar-refractivity contribution in [2.45, 2.75) is 26.9 Å². The normalized spacial score (nSPS) is 11.1. The van der Waals surface area contributed by atoms with Crippen LogP contribution in [0.5, 0.6) is 0 Å². The molecule has 0 saturated heterocycles. The molecule has 0 aromatic carbocycles. The quantitative estimate of drug-likeness (QED) is 0.723. The predicted molar refractivity (Wildman–Crippen MR) is 54.0 cm³/mol. The maximum atomic E-state index is 4.35. The van der Waals surface area contributed by atoms with Gasteiger partial charge in [0.2, 0.25) is 0 Å². The second-order valence-corrected chi connectivity index (χ2v) is 3.51. The van der Waals surface area contributed by atoms with Crippen LogP contribution in [-0.2, 0) is 0 Å². The van der Waals surface area contributed by atoms with E-state index in [0.29, 0.717) is 0 Å². The number of hydrogen-bond donors (Lipinski definition) is 0. The Morgan fingerprint density at radius 2 is 1.43 bits per heavy atom. The lowest BCUT2D eigenvalue weighted by Gasteiger charge is -2.12. The summed E-state index contributed by atoms with van der Waals surface area (Å²) in [6, 6.07) is 3.99. The summed E-state index contributed by atoms with van der Waals surface area (Å²) in [7, 11) is 0. The minimum Gasteiger partial charge on any atom is -0.248 e. The van der Waals surface area contributed by atoms with E-state index < -0.39 is 0 Å². The van der Waals surface area contributed by atoms with E-state index in [9.17, 15) is 0 Å². The summed E-state index contributed by atoms with van der Waals surface area (Å²) in [6.45, 7) is 6.04. The molecule has 2 heterocycles. The molecule has 0 N–H and O–H groups in total. The van der Waals surface area contributed by atoms with Gasteiger partial charge in [0.25, 0.3) is 0 Å². The van der Waals surface area contributed by atoms with Gasteiger partial charge in [-0.25, -0.2) is 9.36 Å². The summed E-state index contributed by atoms with van der Waals surface area (Å²) in [5.41, 5.74) is 2.06. The van der Waals surface area contributed by atoms with E-state index in [1.807, 2.05) is 47.7 Å². The molecule has 0 fully saturated rings. The van der Waals surface area contributed by atoms with Crippen molar-refractivity contribution in [3.8, 4) is 0 Å². The summed E-state index contributed by atoms with van der Waals surface area (Å²) >= 11 is 0. The molecule has 0 saturated carbocycles. The van der Waals surface area contributed by atoms with Gasteiger partial charge < -0.3 is 0 Å². The number of rotatable bonds is 2. The second kappa shape index (κ2) is 3.29. The van der Waals surface area contributed by atoms with Gasteiger partial charge in [0.05, 0.1) is 11.4 Å². The highest BCUT2D eigenvalue weighted by molar-refractivity contribution is 4.98. The van der Waals surface area contributed by atoms with Gasteiger partial charge in [0.15, 0.2) is 0 Å². The zero-order chi connectivity index (χ0) is 10.1. The Labute approximate surface area is 83.2 Å². The zero-order valence-electron chi connectivity index (χ0n) is 8.68. The minimum absolute atomic E-state index is 0.136. The van der Waals surface area contributed by atoms with Crippen molar-refractivity contribution in [2.75, 3.05) is 0 Å². The molecule has 0 unspecified atom stereocenters. The molecule has 0 bridgehead atoms. The van der Waals surface area contributed by atoms with Gasteiger partial charge >= 0.3 is 0 Å². The summed E-state index contributed by atoms with van der Waals surface area (Å²) in [4.78, 5) is 0. The van der Waals surface area contributed by atoms with E-state index in [0.717, 1.165) is 11.4 Å². The first-order valence-electron chi connectivity index (χ1n) is 4.70. The Morgan fingerprint density at radius 3 is 1.71 bits per heavy atom. The lowest BCUT2D eigenvalue weighted by molar-refractivity contribution is 0.388. The second-order valence-electron chi connectivity index (χ2n) is 3.51. The van der Waals surface area contributed by atoms with Crippen LogP contribution >= 0.6 is 0 Å². The Kier molecular flexibility index (Phi) is 2.11. The van der Waals surface area contributed by atoms with Crippen LogP contribution < -0.4 is 0 Å². The van der Waals surface area contributed by atoms with Crippen LogP contribution in [-0.4, -0.2) is 19.6 Å². The highest BCUT2D eigenvalue weighted by Crippen LogP contribution is 2.08. The summed E-state index contributed by atoms with van der Waals surface area (Å²) < 4.78 is 3.81. The Bertz CT molecular complexity index is 387. The van der Waals surface area contributed by atoms with Crippen molar-refractivity contribution in [3.63, 3.8) is 0 Å². The molecule has 4 heteroatoms. The lowest BCUT2D eigenvalue weighted by Crippen LogP contribution is -2.16. The van der Waals surface area contributed by atoms with Crippen molar-refractivity contribution in [1.29, 1.82) is 0 Å². The van der Waals surface area contributed by atoms with Gasteiger partial charge in [0, 0.05) is 12.4 Å². The topological polar surface area (TPSA) is 35.6 Å². The third-order valence-corrected chi connectivity index (χ3v) is 2.25. The van der Waals surface area contributed by atoms with Gasteiger partial charge in [-0.05, 0) is 32.9 Å². The van der Waals surface area contributed by atoms with E-state index in [1.54, 1.807) is 0 Å². The Hall–Kier alpha value is -1.58. The number of aromatic nitrogens is 4. The molecule has 0 atom stereocenters. The number of hydrogen-bond acceptors (Lipinski definition) is 2. The third kappa shape index (κ3) is 1.55. The van der Waals surface area contributed by atoms with Crippen molar-refractivity contribution >= 4 is 0 Å². The van der Waals surface area contributed by atoms with Gasteiger partial charge in [-0.2, -0.15) is 10.2 Å². The standard InChI is InChI=1S/C10H14N4/c1-8-4-6-13(11-8)10(3)14-7-5-9(2)12-14/h4-7,10H,1-3H3. The van der Waals surface area contributed by atoms with Crippen LogP contribution in [0.3, 0.4) is 0 Å². The predicted octanol–water partition coefficient (Wildman–Crippen LogP) is 1.76. The molecule has 0 radical (unpaired) electrons. The van der Waals surface area contributed by atoms with Crippen molar-refractivity contribution in [1.82, 2.24) is 19.6 Å². The Morgan fingerprint density at radius 1 is 1.00 bits per heavy atom. The summed E-state index contributed by atoms with van der Waals surface area (Å²) in [5.74, 6) is 0. The van der Waals surface area contributed by atoms with Gasteiger partial charge in [-0.1, -0.05) is 0 Å². The molecule has 0 aliphatic rings. The van der Waals surface area contributed by atoms with Crippen LogP contribution in [0.15, 0.2) is 24.5 Å². The van der Waals surface area contributed by atoms with Gasteiger partial charge in [-0.3, -0.25) is 0 Å². The van der Waals surface area contributed by atoms with E-state index in [1.165, 1.54) is 0 Å². The Balaban J connectivity index is 2.28. The van der Waals surface area contributed by atoms with Crippen molar-refractivity contribution in [2.24, 2.45) is 0 Å². The monoisotopic (exact) mass is 190 g/mol. The maximum Gasteiger partial charge on any atom is 0.140 e. The summed E-state index contributed by atoms with van der Waals surface area (Å²) in [6.07, 6.45) is 4.08. The smallest absolute Gasteiger partial charge is 0.140 e. The zero-order valence-corrected chi connectivity index (χ0v) is 8.68. The fourth-order valence-corrected chi connectivity index (χ4v) is 1.40. The fraction of sp³-hybridized carbons (Fsp3) is 0.400. The van der Waals surface area contributed by atoms with Crippen LogP contribution in [0.1, 0.15) is 24.5 Å². The molecule has 2 rings (SSSR count). The van der Waals surface area contributed by atoms with Crippen LogP contribution in [0.25, 0.3) is 0 Å². The number of nitrogens with zero attached hydrogens (tertiary/aromatic N) is 4. The van der Waals surface area contributed by atoms with E-state index in [4.69, 9.17) is 0 Å².